The smallest absolute Gasteiger partial charge is 0.229 e. The number of anilines is 1. The second-order valence-corrected chi connectivity index (χ2v) is 9.55. The van der Waals surface area contributed by atoms with E-state index in [0.717, 1.165) is 32.5 Å². The number of fused-ring (bicyclic) bond motifs is 1. The number of halogens is 1. The van der Waals surface area contributed by atoms with Crippen LogP contribution in [0.1, 0.15) is 13.3 Å². The molecule has 1 heterocycles. The van der Waals surface area contributed by atoms with Gasteiger partial charge in [0.05, 0.1) is 11.3 Å². The Morgan fingerprint density at radius 1 is 1.17 bits per heavy atom. The highest BCUT2D eigenvalue weighted by Crippen LogP contribution is 2.34. The number of thiazole rings is 1. The maximum atomic E-state index is 13.1. The molecular formula is C22H26ClN3O2S2. The van der Waals surface area contributed by atoms with E-state index in [0.29, 0.717) is 30.3 Å². The summed E-state index contributed by atoms with van der Waals surface area (Å²) in [5, 5.41) is 1.44. The van der Waals surface area contributed by atoms with Gasteiger partial charge in [0.1, 0.15) is 11.3 Å². The van der Waals surface area contributed by atoms with Crippen molar-refractivity contribution < 1.29 is 9.53 Å². The van der Waals surface area contributed by atoms with Crippen LogP contribution in [0.25, 0.3) is 10.2 Å². The number of para-hydroxylation sites is 1. The number of thioether (sulfide) groups is 1. The predicted octanol–water partition coefficient (Wildman–Crippen LogP) is 5.43. The van der Waals surface area contributed by atoms with Crippen molar-refractivity contribution in [2.24, 2.45) is 0 Å². The summed E-state index contributed by atoms with van der Waals surface area (Å²) in [5.74, 6) is 1.54. The Labute approximate surface area is 191 Å². The number of carbonyl (C=O) groups is 1. The Morgan fingerprint density at radius 2 is 1.93 bits per heavy atom. The first-order chi connectivity index (χ1) is 14.5. The summed E-state index contributed by atoms with van der Waals surface area (Å²) >= 11 is 9.13. The molecule has 0 aliphatic heterocycles. The molecule has 0 radical (unpaired) electrons. The fraction of sp³-hybridized carbons (Fsp3) is 0.364. The van der Waals surface area contributed by atoms with E-state index in [9.17, 15) is 4.79 Å². The third-order valence-electron chi connectivity index (χ3n) is 4.37. The Balaban J connectivity index is 1.74. The molecule has 8 heteroatoms. The molecule has 1 aromatic heterocycles. The molecule has 0 aliphatic carbocycles. The lowest BCUT2D eigenvalue weighted by Gasteiger charge is -2.22. The first-order valence-electron chi connectivity index (χ1n) is 9.83. The summed E-state index contributed by atoms with van der Waals surface area (Å²) in [6.45, 7) is 3.90. The maximum absolute atomic E-state index is 13.1. The van der Waals surface area contributed by atoms with Gasteiger partial charge in [-0.2, -0.15) is 0 Å². The minimum atomic E-state index is 0.0790. The summed E-state index contributed by atoms with van der Waals surface area (Å²) in [5.41, 5.74) is 0.817. The van der Waals surface area contributed by atoms with Crippen LogP contribution in [0, 0.1) is 0 Å². The average Bonchev–Trinajstić information content (AvgIpc) is 3.14. The number of benzene rings is 2. The minimum absolute atomic E-state index is 0.0790. The van der Waals surface area contributed by atoms with Crippen molar-refractivity contribution in [2.75, 3.05) is 44.4 Å². The van der Waals surface area contributed by atoms with Crippen molar-refractivity contribution in [1.29, 1.82) is 0 Å². The molecule has 5 nitrogen and oxygen atoms in total. The second kappa shape index (κ2) is 11.0. The summed E-state index contributed by atoms with van der Waals surface area (Å²) in [6, 6.07) is 13.6. The average molecular weight is 464 g/mol. The van der Waals surface area contributed by atoms with Crippen LogP contribution in [0.5, 0.6) is 5.75 Å². The van der Waals surface area contributed by atoms with E-state index < -0.39 is 0 Å². The lowest BCUT2D eigenvalue weighted by Crippen LogP contribution is -2.36. The van der Waals surface area contributed by atoms with E-state index in [1.54, 1.807) is 11.8 Å². The van der Waals surface area contributed by atoms with Crippen LogP contribution in [0.3, 0.4) is 0 Å². The van der Waals surface area contributed by atoms with Crippen LogP contribution < -0.4 is 9.64 Å². The van der Waals surface area contributed by atoms with Crippen molar-refractivity contribution in [3.05, 3.63) is 47.5 Å². The maximum Gasteiger partial charge on any atom is 0.229 e. The molecule has 3 aromatic rings. The number of rotatable bonds is 10. The predicted molar refractivity (Wildman–Crippen MR) is 128 cm³/mol. The van der Waals surface area contributed by atoms with Gasteiger partial charge in [-0.25, -0.2) is 4.98 Å². The number of hydrogen-bond acceptors (Lipinski definition) is 6. The van der Waals surface area contributed by atoms with Crippen LogP contribution in [0.15, 0.2) is 47.4 Å². The highest BCUT2D eigenvalue weighted by atomic mass is 35.5. The molecule has 0 bridgehead atoms. The number of nitrogens with zero attached hydrogens (tertiary/aromatic N) is 3. The molecule has 3 rings (SSSR count). The minimum Gasteiger partial charge on any atom is -0.492 e. The van der Waals surface area contributed by atoms with E-state index >= 15 is 0 Å². The second-order valence-electron chi connectivity index (χ2n) is 6.93. The number of likely N-dealkylation sites (N-methyl/N-ethyl adjacent to an activating group) is 1. The SMILES string of the molecule is CCOc1cccc2sc(N(CCN(C)C)C(=O)CCSc3ccc(Cl)cc3)nc12. The van der Waals surface area contributed by atoms with Gasteiger partial charge >= 0.3 is 0 Å². The normalized spacial score (nSPS) is 11.2. The topological polar surface area (TPSA) is 45.7 Å². The molecule has 0 N–H and O–H groups in total. The molecular weight excluding hydrogens is 438 g/mol. The molecule has 0 fully saturated rings. The quantitative estimate of drug-likeness (QED) is 0.375. The molecule has 0 spiro atoms. The number of aromatic nitrogens is 1. The Morgan fingerprint density at radius 3 is 2.63 bits per heavy atom. The van der Waals surface area contributed by atoms with Gasteiger partial charge in [-0.05, 0) is 57.4 Å². The van der Waals surface area contributed by atoms with Crippen molar-refractivity contribution in [3.63, 3.8) is 0 Å². The van der Waals surface area contributed by atoms with Gasteiger partial charge in [-0.1, -0.05) is 29.0 Å². The van der Waals surface area contributed by atoms with E-state index in [-0.39, 0.29) is 5.91 Å². The fourth-order valence-corrected chi connectivity index (χ4v) is 4.84. The molecule has 2 aromatic carbocycles. The highest BCUT2D eigenvalue weighted by Gasteiger charge is 2.21. The number of carbonyl (C=O) groups excluding carboxylic acids is 1. The molecule has 0 saturated heterocycles. The lowest BCUT2D eigenvalue weighted by molar-refractivity contribution is -0.118. The third kappa shape index (κ3) is 6.11. The first kappa shape index (κ1) is 22.9. The van der Waals surface area contributed by atoms with Gasteiger partial charge < -0.3 is 9.64 Å². The number of amides is 1. The summed E-state index contributed by atoms with van der Waals surface area (Å²) in [7, 11) is 4.01. The van der Waals surface area contributed by atoms with E-state index in [1.165, 1.54) is 11.3 Å². The van der Waals surface area contributed by atoms with Gasteiger partial charge in [0.15, 0.2) is 5.13 Å². The largest absolute Gasteiger partial charge is 0.492 e. The van der Waals surface area contributed by atoms with Crippen LogP contribution >= 0.6 is 34.7 Å². The Hall–Kier alpha value is -1.80. The van der Waals surface area contributed by atoms with E-state index in [2.05, 4.69) is 4.90 Å². The molecule has 30 heavy (non-hydrogen) atoms. The van der Waals surface area contributed by atoms with Crippen molar-refractivity contribution >= 4 is 56.0 Å². The Bertz CT molecular complexity index is 976. The van der Waals surface area contributed by atoms with Gasteiger partial charge in [-0.3, -0.25) is 9.69 Å². The lowest BCUT2D eigenvalue weighted by atomic mass is 10.3. The summed E-state index contributed by atoms with van der Waals surface area (Å²) in [4.78, 5) is 22.8. The molecule has 160 valence electrons. The van der Waals surface area contributed by atoms with Crippen molar-refractivity contribution in [1.82, 2.24) is 9.88 Å². The first-order valence-corrected chi connectivity index (χ1v) is 12.0. The van der Waals surface area contributed by atoms with Gasteiger partial charge in [0.25, 0.3) is 0 Å². The highest BCUT2D eigenvalue weighted by molar-refractivity contribution is 7.99. The fourth-order valence-electron chi connectivity index (χ4n) is 2.85. The standard InChI is InChI=1S/C22H26ClN3O2S2/c1-4-28-18-6-5-7-19-21(18)24-22(30-19)26(14-13-25(2)3)20(27)12-15-29-17-10-8-16(23)9-11-17/h5-11H,4,12-15H2,1-3H3. The molecule has 1 amide bonds. The number of ether oxygens (including phenoxy) is 1. The zero-order valence-corrected chi connectivity index (χ0v) is 19.8. The van der Waals surface area contributed by atoms with Crippen molar-refractivity contribution in [3.8, 4) is 5.75 Å². The van der Waals surface area contributed by atoms with Crippen LogP contribution in [0.2, 0.25) is 5.02 Å². The molecule has 0 aliphatic rings. The van der Waals surface area contributed by atoms with E-state index in [1.807, 2.05) is 68.4 Å². The summed E-state index contributed by atoms with van der Waals surface area (Å²) < 4.78 is 6.74. The monoisotopic (exact) mass is 463 g/mol. The van der Waals surface area contributed by atoms with Gasteiger partial charge in [0, 0.05) is 35.2 Å². The van der Waals surface area contributed by atoms with Crippen molar-refractivity contribution in [2.45, 2.75) is 18.2 Å². The Kier molecular flexibility index (Phi) is 8.39. The van der Waals surface area contributed by atoms with Gasteiger partial charge in [-0.15, -0.1) is 11.8 Å². The zero-order chi connectivity index (χ0) is 21.5. The number of hydrogen-bond donors (Lipinski definition) is 0. The summed E-state index contributed by atoms with van der Waals surface area (Å²) in [6.07, 6.45) is 0.439. The van der Waals surface area contributed by atoms with Crippen LogP contribution in [-0.4, -0.2) is 55.3 Å². The van der Waals surface area contributed by atoms with Crippen LogP contribution in [0.4, 0.5) is 5.13 Å². The van der Waals surface area contributed by atoms with E-state index in [4.69, 9.17) is 21.3 Å². The third-order valence-corrected chi connectivity index (χ3v) is 6.68. The molecule has 0 atom stereocenters. The van der Waals surface area contributed by atoms with Gasteiger partial charge in [0.2, 0.25) is 5.91 Å². The molecule has 0 saturated carbocycles. The van der Waals surface area contributed by atoms with Crippen LogP contribution in [-0.2, 0) is 4.79 Å². The zero-order valence-electron chi connectivity index (χ0n) is 17.4. The molecule has 0 unspecified atom stereocenters.